The van der Waals surface area contributed by atoms with Crippen molar-refractivity contribution in [1.29, 1.82) is 0 Å². The summed E-state index contributed by atoms with van der Waals surface area (Å²) >= 11 is 0. The molecule has 0 saturated carbocycles. The highest BCUT2D eigenvalue weighted by Gasteiger charge is 2.13. The summed E-state index contributed by atoms with van der Waals surface area (Å²) in [6.45, 7) is 0. The number of hydrogen-bond acceptors (Lipinski definition) is 4. The van der Waals surface area contributed by atoms with Crippen LogP contribution in [0.15, 0.2) is 71.3 Å². The first-order valence-corrected chi connectivity index (χ1v) is 7.65. The van der Waals surface area contributed by atoms with Crippen molar-refractivity contribution in [2.75, 3.05) is 5.32 Å². The van der Waals surface area contributed by atoms with E-state index in [1.54, 1.807) is 42.5 Å². The minimum atomic E-state index is -0.398. The van der Waals surface area contributed by atoms with Gasteiger partial charge < -0.3 is 9.40 Å². The van der Waals surface area contributed by atoms with Crippen molar-refractivity contribution in [2.45, 2.75) is 0 Å². The number of anilines is 1. The van der Waals surface area contributed by atoms with E-state index in [9.17, 15) is 9.59 Å². The molecule has 0 spiro atoms. The Bertz CT molecular complexity index is 1050. The van der Waals surface area contributed by atoms with Gasteiger partial charge in [0.1, 0.15) is 0 Å². The summed E-state index contributed by atoms with van der Waals surface area (Å²) in [6.07, 6.45) is 1.43. The molecule has 1 amide bonds. The quantitative estimate of drug-likeness (QED) is 0.559. The Labute approximate surface area is 142 Å². The van der Waals surface area contributed by atoms with Crippen LogP contribution in [0.25, 0.3) is 11.0 Å². The largest absolute Gasteiger partial charge is 0.459 e. The number of fused-ring (bicyclic) bond motifs is 1. The van der Waals surface area contributed by atoms with Gasteiger partial charge in [-0.05, 0) is 30.3 Å². The third-order valence-electron chi connectivity index (χ3n) is 3.76. The van der Waals surface area contributed by atoms with Crippen LogP contribution in [0.3, 0.4) is 0 Å². The van der Waals surface area contributed by atoms with Gasteiger partial charge in [0.15, 0.2) is 11.5 Å². The molecule has 0 bridgehead atoms. The predicted molar refractivity (Wildman–Crippen MR) is 92.6 cm³/mol. The van der Waals surface area contributed by atoms with E-state index in [0.29, 0.717) is 28.1 Å². The average Bonchev–Trinajstić information content (AvgIpc) is 3.30. The number of furan rings is 1. The van der Waals surface area contributed by atoms with E-state index in [-0.39, 0.29) is 11.5 Å². The first kappa shape index (κ1) is 14.9. The summed E-state index contributed by atoms with van der Waals surface area (Å²) in [5, 5.41) is 2.63. The molecule has 4 aromatic rings. The second kappa shape index (κ2) is 6.09. The number of amides is 1. The van der Waals surface area contributed by atoms with E-state index in [0.717, 1.165) is 0 Å². The fourth-order valence-corrected chi connectivity index (χ4v) is 2.54. The van der Waals surface area contributed by atoms with Crippen LogP contribution in [-0.2, 0) is 0 Å². The van der Waals surface area contributed by atoms with Crippen molar-refractivity contribution >= 4 is 28.7 Å². The number of carbonyl (C=O) groups excluding carboxylic acids is 2. The van der Waals surface area contributed by atoms with Crippen LogP contribution in [0.5, 0.6) is 0 Å². The van der Waals surface area contributed by atoms with Gasteiger partial charge in [-0.15, -0.1) is 0 Å². The van der Waals surface area contributed by atoms with Crippen molar-refractivity contribution in [3.05, 3.63) is 83.8 Å². The van der Waals surface area contributed by atoms with Crippen LogP contribution in [0.4, 0.5) is 5.95 Å². The Morgan fingerprint density at radius 1 is 0.960 bits per heavy atom. The molecule has 6 nitrogen and oxygen atoms in total. The normalized spacial score (nSPS) is 10.7. The molecule has 0 radical (unpaired) electrons. The zero-order valence-corrected chi connectivity index (χ0v) is 13.0. The molecule has 0 aliphatic carbocycles. The molecule has 0 fully saturated rings. The monoisotopic (exact) mass is 331 g/mol. The lowest BCUT2D eigenvalue weighted by Crippen LogP contribution is -2.11. The van der Waals surface area contributed by atoms with Gasteiger partial charge in [-0.1, -0.05) is 30.3 Å². The third kappa shape index (κ3) is 2.92. The first-order valence-electron chi connectivity index (χ1n) is 7.65. The number of benzene rings is 2. The molecule has 122 valence electrons. The summed E-state index contributed by atoms with van der Waals surface area (Å²) in [4.78, 5) is 31.8. The van der Waals surface area contributed by atoms with E-state index < -0.39 is 5.91 Å². The third-order valence-corrected chi connectivity index (χ3v) is 3.76. The van der Waals surface area contributed by atoms with Crippen LogP contribution >= 0.6 is 0 Å². The molecule has 2 aromatic heterocycles. The van der Waals surface area contributed by atoms with Gasteiger partial charge in [-0.2, -0.15) is 0 Å². The van der Waals surface area contributed by atoms with Gasteiger partial charge in [0.05, 0.1) is 17.3 Å². The van der Waals surface area contributed by atoms with Gasteiger partial charge in [-0.25, -0.2) is 4.98 Å². The second-order valence-electron chi connectivity index (χ2n) is 5.44. The number of imidazole rings is 1. The number of aromatic amines is 1. The van der Waals surface area contributed by atoms with E-state index in [4.69, 9.17) is 4.42 Å². The summed E-state index contributed by atoms with van der Waals surface area (Å²) in [5.41, 5.74) is 2.48. The lowest BCUT2D eigenvalue weighted by Gasteiger charge is -2.00. The Balaban J connectivity index is 1.61. The molecule has 4 rings (SSSR count). The summed E-state index contributed by atoms with van der Waals surface area (Å²) < 4.78 is 5.04. The molecule has 0 aliphatic rings. The zero-order chi connectivity index (χ0) is 17.2. The number of aromatic nitrogens is 2. The molecule has 2 N–H and O–H groups in total. The Morgan fingerprint density at radius 3 is 2.56 bits per heavy atom. The lowest BCUT2D eigenvalue weighted by atomic mass is 10.0. The fraction of sp³-hybridized carbons (Fsp3) is 0. The number of rotatable bonds is 4. The van der Waals surface area contributed by atoms with Crippen molar-refractivity contribution in [3.63, 3.8) is 0 Å². The van der Waals surface area contributed by atoms with Gasteiger partial charge >= 0.3 is 0 Å². The number of ketones is 1. The number of hydrogen-bond donors (Lipinski definition) is 2. The highest BCUT2D eigenvalue weighted by Crippen LogP contribution is 2.19. The van der Waals surface area contributed by atoms with Crippen molar-refractivity contribution < 1.29 is 14.0 Å². The molecular weight excluding hydrogens is 318 g/mol. The Morgan fingerprint density at radius 2 is 1.80 bits per heavy atom. The van der Waals surface area contributed by atoms with E-state index in [1.807, 2.05) is 18.2 Å². The molecule has 25 heavy (non-hydrogen) atoms. The summed E-state index contributed by atoms with van der Waals surface area (Å²) in [6, 6.07) is 17.4. The molecule has 2 heterocycles. The average molecular weight is 331 g/mol. The molecule has 0 atom stereocenters. The molecule has 0 saturated heterocycles. The number of H-pyrrole nitrogens is 1. The van der Waals surface area contributed by atoms with E-state index in [1.165, 1.54) is 6.26 Å². The van der Waals surface area contributed by atoms with Crippen LogP contribution < -0.4 is 5.32 Å². The topological polar surface area (TPSA) is 88.0 Å². The van der Waals surface area contributed by atoms with Crippen molar-refractivity contribution in [1.82, 2.24) is 9.97 Å². The number of carbonyl (C=O) groups is 2. The van der Waals surface area contributed by atoms with Crippen LogP contribution in [-0.4, -0.2) is 21.7 Å². The molecule has 0 aliphatic heterocycles. The van der Waals surface area contributed by atoms with Crippen LogP contribution in [0.1, 0.15) is 26.5 Å². The number of nitrogens with one attached hydrogen (secondary N) is 2. The van der Waals surface area contributed by atoms with Crippen LogP contribution in [0.2, 0.25) is 0 Å². The molecule has 2 aromatic carbocycles. The second-order valence-corrected chi connectivity index (χ2v) is 5.44. The molecular formula is C19H13N3O3. The van der Waals surface area contributed by atoms with Gasteiger partial charge in [0.25, 0.3) is 5.91 Å². The van der Waals surface area contributed by atoms with Gasteiger partial charge in [0.2, 0.25) is 5.95 Å². The standard InChI is InChI=1S/C19H13N3O3/c23-17(12-5-2-1-3-6-12)13-8-9-14-15(11-13)21-19(20-14)22-18(24)16-7-4-10-25-16/h1-11H,(H2,20,21,22,24). The first-order chi connectivity index (χ1) is 12.2. The lowest BCUT2D eigenvalue weighted by molar-refractivity contribution is 0.0994. The zero-order valence-electron chi connectivity index (χ0n) is 13.0. The van der Waals surface area contributed by atoms with Gasteiger partial charge in [0, 0.05) is 11.1 Å². The smallest absolute Gasteiger partial charge is 0.293 e. The van der Waals surface area contributed by atoms with Crippen molar-refractivity contribution in [2.24, 2.45) is 0 Å². The molecule has 6 heteroatoms. The maximum absolute atomic E-state index is 12.5. The minimum absolute atomic E-state index is 0.0710. The van der Waals surface area contributed by atoms with E-state index in [2.05, 4.69) is 15.3 Å². The maximum atomic E-state index is 12.5. The van der Waals surface area contributed by atoms with E-state index >= 15 is 0 Å². The summed E-state index contributed by atoms with van der Waals surface area (Å²) in [7, 11) is 0. The number of nitrogens with zero attached hydrogens (tertiary/aromatic N) is 1. The Hall–Kier alpha value is -3.67. The summed E-state index contributed by atoms with van der Waals surface area (Å²) in [5.74, 6) is 0.0176. The maximum Gasteiger partial charge on any atom is 0.293 e. The minimum Gasteiger partial charge on any atom is -0.459 e. The van der Waals surface area contributed by atoms with Gasteiger partial charge in [-0.3, -0.25) is 14.9 Å². The molecule has 0 unspecified atom stereocenters. The SMILES string of the molecule is O=C(c1ccccc1)c1ccc2nc(NC(=O)c3ccco3)[nH]c2c1. The fourth-order valence-electron chi connectivity index (χ4n) is 2.54. The van der Waals surface area contributed by atoms with Crippen molar-refractivity contribution in [3.8, 4) is 0 Å². The predicted octanol–water partition coefficient (Wildman–Crippen LogP) is 3.64. The Kier molecular flexibility index (Phi) is 3.63. The highest BCUT2D eigenvalue weighted by molar-refractivity contribution is 6.10. The van der Waals surface area contributed by atoms with Crippen LogP contribution in [0, 0.1) is 0 Å². The highest BCUT2D eigenvalue weighted by atomic mass is 16.3.